The molecule has 0 heterocycles. The lowest BCUT2D eigenvalue weighted by atomic mass is 10.1. The first-order valence-corrected chi connectivity index (χ1v) is 7.11. The summed E-state index contributed by atoms with van der Waals surface area (Å²) < 4.78 is 5.72. The molecule has 0 saturated carbocycles. The molecule has 0 spiro atoms. The zero-order chi connectivity index (χ0) is 14.5. The van der Waals surface area contributed by atoms with Crippen molar-refractivity contribution in [2.45, 2.75) is 40.3 Å². The van der Waals surface area contributed by atoms with Gasteiger partial charge in [0, 0.05) is 12.2 Å². The number of hydrogen-bond donors (Lipinski definition) is 1. The van der Waals surface area contributed by atoms with Gasteiger partial charge in [-0.15, -0.1) is 0 Å². The van der Waals surface area contributed by atoms with Crippen molar-refractivity contribution < 1.29 is 4.74 Å². The minimum absolute atomic E-state index is 0.206. The molecule has 2 aromatic rings. The van der Waals surface area contributed by atoms with Crippen LogP contribution in [-0.4, -0.2) is 6.10 Å². The van der Waals surface area contributed by atoms with Crippen LogP contribution in [0, 0.1) is 13.8 Å². The molecule has 0 radical (unpaired) electrons. The average Bonchev–Trinajstić information content (AvgIpc) is 2.39. The largest absolute Gasteiger partial charge is 0.491 e. The number of benzene rings is 2. The third kappa shape index (κ3) is 4.02. The Labute approximate surface area is 121 Å². The van der Waals surface area contributed by atoms with Crippen LogP contribution in [0.15, 0.2) is 42.5 Å². The van der Waals surface area contributed by atoms with Crippen molar-refractivity contribution >= 4 is 5.69 Å². The minimum Gasteiger partial charge on any atom is -0.491 e. The van der Waals surface area contributed by atoms with Gasteiger partial charge < -0.3 is 10.1 Å². The highest BCUT2D eigenvalue weighted by Crippen LogP contribution is 2.19. The Kier molecular flexibility index (Phi) is 4.67. The Hall–Kier alpha value is -1.96. The van der Waals surface area contributed by atoms with Gasteiger partial charge in [0.1, 0.15) is 5.75 Å². The first kappa shape index (κ1) is 14.4. The number of aryl methyl sites for hydroxylation is 2. The molecule has 106 valence electrons. The maximum Gasteiger partial charge on any atom is 0.120 e. The zero-order valence-corrected chi connectivity index (χ0v) is 12.7. The maximum absolute atomic E-state index is 5.72. The fraction of sp³-hybridized carbons (Fsp3) is 0.333. The molecule has 0 fully saturated rings. The zero-order valence-electron chi connectivity index (χ0n) is 12.7. The van der Waals surface area contributed by atoms with E-state index in [1.54, 1.807) is 0 Å². The second kappa shape index (κ2) is 6.47. The highest BCUT2D eigenvalue weighted by atomic mass is 16.5. The molecular formula is C18H23NO. The van der Waals surface area contributed by atoms with Gasteiger partial charge in [0.15, 0.2) is 0 Å². The van der Waals surface area contributed by atoms with Crippen molar-refractivity contribution in [3.05, 3.63) is 59.2 Å². The molecule has 0 amide bonds. The van der Waals surface area contributed by atoms with Gasteiger partial charge in [-0.3, -0.25) is 0 Å². The second-order valence-corrected chi connectivity index (χ2v) is 5.49. The molecular weight excluding hydrogens is 246 g/mol. The molecule has 2 nitrogen and oxygen atoms in total. The third-order valence-electron chi connectivity index (χ3n) is 3.15. The van der Waals surface area contributed by atoms with Crippen LogP contribution in [-0.2, 0) is 6.54 Å². The van der Waals surface area contributed by atoms with Crippen molar-refractivity contribution in [1.29, 1.82) is 0 Å². The molecule has 2 rings (SSSR count). The van der Waals surface area contributed by atoms with Crippen molar-refractivity contribution in [3.8, 4) is 5.75 Å². The predicted molar refractivity (Wildman–Crippen MR) is 85.4 cm³/mol. The minimum atomic E-state index is 0.206. The summed E-state index contributed by atoms with van der Waals surface area (Å²) >= 11 is 0. The SMILES string of the molecule is Cc1ccc(C)c(NCc2cccc(OC(C)C)c2)c1. The number of hydrogen-bond acceptors (Lipinski definition) is 2. The fourth-order valence-corrected chi connectivity index (χ4v) is 2.12. The Morgan fingerprint density at radius 2 is 1.85 bits per heavy atom. The molecule has 0 aliphatic carbocycles. The lowest BCUT2D eigenvalue weighted by Gasteiger charge is -2.13. The van der Waals surface area contributed by atoms with E-state index < -0.39 is 0 Å². The van der Waals surface area contributed by atoms with E-state index in [9.17, 15) is 0 Å². The van der Waals surface area contributed by atoms with Gasteiger partial charge in [-0.2, -0.15) is 0 Å². The Morgan fingerprint density at radius 1 is 1.05 bits per heavy atom. The van der Waals surface area contributed by atoms with E-state index in [4.69, 9.17) is 4.74 Å². The summed E-state index contributed by atoms with van der Waals surface area (Å²) in [6.07, 6.45) is 0.206. The van der Waals surface area contributed by atoms with E-state index in [-0.39, 0.29) is 6.10 Å². The summed E-state index contributed by atoms with van der Waals surface area (Å²) in [5, 5.41) is 3.50. The van der Waals surface area contributed by atoms with Crippen molar-refractivity contribution in [3.63, 3.8) is 0 Å². The van der Waals surface area contributed by atoms with E-state index >= 15 is 0 Å². The molecule has 0 unspecified atom stereocenters. The van der Waals surface area contributed by atoms with Crippen LogP contribution in [0.5, 0.6) is 5.75 Å². The molecule has 0 aromatic heterocycles. The summed E-state index contributed by atoms with van der Waals surface area (Å²) in [5.41, 5.74) is 4.96. The molecule has 1 N–H and O–H groups in total. The first-order valence-electron chi connectivity index (χ1n) is 7.11. The lowest BCUT2D eigenvalue weighted by Crippen LogP contribution is -2.06. The predicted octanol–water partition coefficient (Wildman–Crippen LogP) is 4.70. The Bertz CT molecular complexity index is 575. The van der Waals surface area contributed by atoms with Gasteiger partial charge in [0.05, 0.1) is 6.10 Å². The van der Waals surface area contributed by atoms with Gasteiger partial charge >= 0.3 is 0 Å². The average molecular weight is 269 g/mol. The van der Waals surface area contributed by atoms with Crippen molar-refractivity contribution in [2.75, 3.05) is 5.32 Å². The highest BCUT2D eigenvalue weighted by molar-refractivity contribution is 5.52. The third-order valence-corrected chi connectivity index (χ3v) is 3.15. The van der Waals surface area contributed by atoms with E-state index in [1.807, 2.05) is 26.0 Å². The van der Waals surface area contributed by atoms with E-state index in [1.165, 1.54) is 22.4 Å². The van der Waals surface area contributed by atoms with E-state index in [2.05, 4.69) is 49.5 Å². The molecule has 0 atom stereocenters. The summed E-state index contributed by atoms with van der Waals surface area (Å²) in [6.45, 7) is 9.13. The van der Waals surface area contributed by atoms with Gasteiger partial charge in [0.25, 0.3) is 0 Å². The molecule has 0 saturated heterocycles. The summed E-state index contributed by atoms with van der Waals surface area (Å²) in [5.74, 6) is 0.931. The van der Waals surface area contributed by atoms with Crippen LogP contribution < -0.4 is 10.1 Å². The van der Waals surface area contributed by atoms with Gasteiger partial charge in [-0.05, 0) is 62.6 Å². The monoisotopic (exact) mass is 269 g/mol. The summed E-state index contributed by atoms with van der Waals surface area (Å²) in [7, 11) is 0. The first-order chi connectivity index (χ1) is 9.54. The van der Waals surface area contributed by atoms with Crippen LogP contribution in [0.2, 0.25) is 0 Å². The molecule has 2 heteroatoms. The van der Waals surface area contributed by atoms with E-state index in [0.717, 1.165) is 12.3 Å². The van der Waals surface area contributed by atoms with E-state index in [0.29, 0.717) is 0 Å². The molecule has 0 aliphatic heterocycles. The Morgan fingerprint density at radius 3 is 2.60 bits per heavy atom. The van der Waals surface area contributed by atoms with Crippen LogP contribution in [0.25, 0.3) is 0 Å². The lowest BCUT2D eigenvalue weighted by molar-refractivity contribution is 0.242. The topological polar surface area (TPSA) is 21.3 Å². The second-order valence-electron chi connectivity index (χ2n) is 5.49. The smallest absolute Gasteiger partial charge is 0.120 e. The van der Waals surface area contributed by atoms with Crippen molar-refractivity contribution in [2.24, 2.45) is 0 Å². The van der Waals surface area contributed by atoms with Crippen LogP contribution in [0.1, 0.15) is 30.5 Å². The summed E-state index contributed by atoms with van der Waals surface area (Å²) in [6, 6.07) is 14.7. The maximum atomic E-state index is 5.72. The number of nitrogens with one attached hydrogen (secondary N) is 1. The van der Waals surface area contributed by atoms with Crippen molar-refractivity contribution in [1.82, 2.24) is 0 Å². The number of rotatable bonds is 5. The Balaban J connectivity index is 2.05. The quantitative estimate of drug-likeness (QED) is 0.849. The highest BCUT2D eigenvalue weighted by Gasteiger charge is 2.01. The van der Waals surface area contributed by atoms with Gasteiger partial charge in [-0.1, -0.05) is 24.3 Å². The number of anilines is 1. The number of ether oxygens (including phenoxy) is 1. The molecule has 2 aromatic carbocycles. The van der Waals surface area contributed by atoms with Crippen LogP contribution in [0.3, 0.4) is 0 Å². The molecule has 0 aliphatic rings. The van der Waals surface area contributed by atoms with Gasteiger partial charge in [-0.25, -0.2) is 0 Å². The standard InChI is InChI=1S/C18H23NO/c1-13(2)20-17-7-5-6-16(11-17)12-19-18-10-14(3)8-9-15(18)4/h5-11,13,19H,12H2,1-4H3. The molecule has 20 heavy (non-hydrogen) atoms. The fourth-order valence-electron chi connectivity index (χ4n) is 2.12. The van der Waals surface area contributed by atoms with Gasteiger partial charge in [0.2, 0.25) is 0 Å². The van der Waals surface area contributed by atoms with Crippen LogP contribution in [0.4, 0.5) is 5.69 Å². The molecule has 0 bridgehead atoms. The summed E-state index contributed by atoms with van der Waals surface area (Å²) in [4.78, 5) is 0. The normalized spacial score (nSPS) is 10.7. The van der Waals surface area contributed by atoms with Crippen LogP contribution >= 0.6 is 0 Å².